The first kappa shape index (κ1) is 27.3. The summed E-state index contributed by atoms with van der Waals surface area (Å²) >= 11 is 5.89. The van der Waals surface area contributed by atoms with Crippen LogP contribution < -0.4 is 9.47 Å². The van der Waals surface area contributed by atoms with Crippen molar-refractivity contribution in [1.82, 2.24) is 39.7 Å². The second-order valence-electron chi connectivity index (χ2n) is 8.11. The van der Waals surface area contributed by atoms with Crippen molar-refractivity contribution in [2.45, 2.75) is 31.0 Å². The molecule has 200 valence electrons. The van der Waals surface area contributed by atoms with E-state index in [1.54, 1.807) is 12.1 Å². The smallest absolute Gasteiger partial charge is 0.245 e. The molecule has 0 unspecified atom stereocenters. The molecule has 0 bridgehead atoms. The molecule has 0 saturated carbocycles. The lowest BCUT2D eigenvalue weighted by molar-refractivity contribution is 0.0948. The first-order chi connectivity index (χ1) is 18.2. The topological polar surface area (TPSA) is 157 Å². The Hall–Kier alpha value is -3.75. The fraction of sp³-hybridized carbons (Fsp3) is 0.348. The Morgan fingerprint density at radius 3 is 2.24 bits per heavy atom. The summed E-state index contributed by atoms with van der Waals surface area (Å²) in [6.45, 7) is 3.34. The van der Waals surface area contributed by atoms with Crippen LogP contribution in [-0.4, -0.2) is 74.7 Å². The van der Waals surface area contributed by atoms with Crippen LogP contribution in [0.4, 0.5) is 0 Å². The first-order valence-corrected chi connectivity index (χ1v) is 13.3. The highest BCUT2D eigenvalue weighted by molar-refractivity contribution is 7.91. The monoisotopic (exact) mass is 560 g/mol. The van der Waals surface area contributed by atoms with Crippen molar-refractivity contribution in [3.63, 3.8) is 0 Å². The molecule has 0 amide bonds. The van der Waals surface area contributed by atoms with Gasteiger partial charge in [0.1, 0.15) is 23.9 Å². The maximum Gasteiger partial charge on any atom is 0.245 e. The molecule has 15 heteroatoms. The van der Waals surface area contributed by atoms with E-state index in [0.717, 1.165) is 5.69 Å². The van der Waals surface area contributed by atoms with Crippen LogP contribution in [0, 0.1) is 6.92 Å². The predicted molar refractivity (Wildman–Crippen MR) is 137 cm³/mol. The molecule has 4 aromatic rings. The van der Waals surface area contributed by atoms with Crippen molar-refractivity contribution >= 4 is 21.4 Å². The van der Waals surface area contributed by atoms with E-state index < -0.39 is 26.9 Å². The summed E-state index contributed by atoms with van der Waals surface area (Å²) in [5, 5.41) is 7.76. The number of methoxy groups -OCH3 is 3. The molecular formula is C23H25ClN8O5S. The van der Waals surface area contributed by atoms with Crippen LogP contribution in [0.15, 0.2) is 36.9 Å². The molecule has 4 heterocycles. The third kappa shape index (κ3) is 5.42. The average molecular weight is 561 g/mol. The molecule has 4 rings (SSSR count). The van der Waals surface area contributed by atoms with Crippen molar-refractivity contribution < 1.29 is 22.6 Å². The molecule has 0 saturated heterocycles. The lowest BCUT2D eigenvalue weighted by Gasteiger charge is -2.22. The Balaban J connectivity index is 1.84. The molecule has 0 aliphatic heterocycles. The zero-order valence-corrected chi connectivity index (χ0v) is 22.8. The Morgan fingerprint density at radius 2 is 1.66 bits per heavy atom. The van der Waals surface area contributed by atoms with Gasteiger partial charge in [0.15, 0.2) is 33.0 Å². The van der Waals surface area contributed by atoms with Crippen molar-refractivity contribution in [3.8, 4) is 29.0 Å². The maximum atomic E-state index is 13.7. The number of sulfone groups is 1. The largest absolute Gasteiger partial charge is 0.479 e. The summed E-state index contributed by atoms with van der Waals surface area (Å²) in [7, 11) is 0.300. The van der Waals surface area contributed by atoms with E-state index in [9.17, 15) is 8.42 Å². The van der Waals surface area contributed by atoms with Gasteiger partial charge < -0.3 is 14.2 Å². The number of pyridine rings is 1. The zero-order chi connectivity index (χ0) is 27.4. The SMILES string of the molecule is COc1ncnc(OC)c1-n1c(CS(=O)(=O)[C@@H](C)[C@H](OC)c2ncc(Cl)cn2)nnc1-c1cccc(C)n1. The molecular weight excluding hydrogens is 536 g/mol. The van der Waals surface area contributed by atoms with Gasteiger partial charge in [-0.15, -0.1) is 10.2 Å². The molecule has 0 N–H and O–H groups in total. The van der Waals surface area contributed by atoms with Crippen molar-refractivity contribution in [2.75, 3.05) is 21.3 Å². The second kappa shape index (κ2) is 11.3. The van der Waals surface area contributed by atoms with Crippen LogP contribution in [-0.2, 0) is 20.3 Å². The van der Waals surface area contributed by atoms with Gasteiger partial charge in [-0.25, -0.2) is 23.4 Å². The van der Waals surface area contributed by atoms with Gasteiger partial charge in [-0.05, 0) is 26.0 Å². The highest BCUT2D eigenvalue weighted by Crippen LogP contribution is 2.34. The normalized spacial score (nSPS) is 13.2. The molecule has 0 aromatic carbocycles. The number of halogens is 1. The number of hydrogen-bond donors (Lipinski definition) is 0. The van der Waals surface area contributed by atoms with Crippen molar-refractivity contribution in [3.05, 3.63) is 59.3 Å². The first-order valence-electron chi connectivity index (χ1n) is 11.2. The number of ether oxygens (including phenoxy) is 3. The summed E-state index contributed by atoms with van der Waals surface area (Å²) in [5.41, 5.74) is 1.41. The van der Waals surface area contributed by atoms with Crippen molar-refractivity contribution in [1.29, 1.82) is 0 Å². The highest BCUT2D eigenvalue weighted by atomic mass is 35.5. The van der Waals surface area contributed by atoms with E-state index >= 15 is 0 Å². The molecule has 0 spiro atoms. The number of hydrogen-bond acceptors (Lipinski definition) is 12. The van der Waals surface area contributed by atoms with Gasteiger partial charge in [-0.1, -0.05) is 17.7 Å². The zero-order valence-electron chi connectivity index (χ0n) is 21.2. The Kier molecular flexibility index (Phi) is 8.14. The van der Waals surface area contributed by atoms with Gasteiger partial charge in [-0.3, -0.25) is 4.57 Å². The number of aromatic nitrogens is 8. The minimum atomic E-state index is -3.93. The van der Waals surface area contributed by atoms with E-state index in [1.807, 2.05) is 13.0 Å². The van der Waals surface area contributed by atoms with Gasteiger partial charge in [0.25, 0.3) is 0 Å². The van der Waals surface area contributed by atoms with Crippen LogP contribution in [0.25, 0.3) is 17.2 Å². The van der Waals surface area contributed by atoms with Crippen LogP contribution >= 0.6 is 11.6 Å². The molecule has 0 aliphatic rings. The van der Waals surface area contributed by atoms with Crippen LogP contribution in [0.1, 0.15) is 30.4 Å². The molecule has 4 aromatic heterocycles. The molecule has 0 fully saturated rings. The van der Waals surface area contributed by atoms with E-state index in [-0.39, 0.29) is 34.9 Å². The summed E-state index contributed by atoms with van der Waals surface area (Å²) in [6.07, 6.45) is 3.06. The second-order valence-corrected chi connectivity index (χ2v) is 10.9. The van der Waals surface area contributed by atoms with Gasteiger partial charge in [0.2, 0.25) is 11.8 Å². The lowest BCUT2D eigenvalue weighted by atomic mass is 10.2. The minimum Gasteiger partial charge on any atom is -0.479 e. The summed E-state index contributed by atoms with van der Waals surface area (Å²) in [5.74, 6) is 0.222. The highest BCUT2D eigenvalue weighted by Gasteiger charge is 2.35. The third-order valence-corrected chi connectivity index (χ3v) is 7.92. The minimum absolute atomic E-state index is 0.0634. The van der Waals surface area contributed by atoms with Crippen molar-refractivity contribution in [2.24, 2.45) is 0 Å². The molecule has 38 heavy (non-hydrogen) atoms. The summed E-state index contributed by atoms with van der Waals surface area (Å²) in [6, 6.07) is 5.37. The number of nitrogens with zero attached hydrogens (tertiary/aromatic N) is 8. The molecule has 13 nitrogen and oxygen atoms in total. The molecule has 0 radical (unpaired) electrons. The average Bonchev–Trinajstić information content (AvgIpc) is 3.31. The summed E-state index contributed by atoms with van der Waals surface area (Å²) < 4.78 is 45.2. The third-order valence-electron chi connectivity index (χ3n) is 5.68. The van der Waals surface area contributed by atoms with Gasteiger partial charge in [0.05, 0.1) is 24.5 Å². The fourth-order valence-corrected chi connectivity index (χ4v) is 5.31. The predicted octanol–water partition coefficient (Wildman–Crippen LogP) is 2.58. The van der Waals surface area contributed by atoms with E-state index in [4.69, 9.17) is 25.8 Å². The lowest BCUT2D eigenvalue weighted by Crippen LogP contribution is -2.30. The Labute approximate surface area is 224 Å². The number of aryl methyl sites for hydroxylation is 1. The van der Waals surface area contributed by atoms with E-state index in [0.29, 0.717) is 10.7 Å². The quantitative estimate of drug-likeness (QED) is 0.279. The Bertz CT molecular complexity index is 1510. The van der Waals surface area contributed by atoms with Crippen LogP contribution in [0.5, 0.6) is 11.8 Å². The standard InChI is InChI=1S/C23H25ClN8O5S/c1-13-7-6-8-16(29-13)21-31-30-17(32(21)18-22(36-4)27-12-28-23(18)37-5)11-38(33,34)14(2)19(35-3)20-25-9-15(24)10-26-20/h6-10,12,14,19H,11H2,1-5H3/t14-,19-/m0/s1. The van der Waals surface area contributed by atoms with Gasteiger partial charge >= 0.3 is 0 Å². The van der Waals surface area contributed by atoms with Gasteiger partial charge in [0, 0.05) is 25.2 Å². The summed E-state index contributed by atoms with van der Waals surface area (Å²) in [4.78, 5) is 21.1. The maximum absolute atomic E-state index is 13.7. The molecule has 0 aliphatic carbocycles. The van der Waals surface area contributed by atoms with Crippen LogP contribution in [0.2, 0.25) is 5.02 Å². The number of rotatable bonds is 10. The Morgan fingerprint density at radius 1 is 1.00 bits per heavy atom. The van der Waals surface area contributed by atoms with Crippen LogP contribution in [0.3, 0.4) is 0 Å². The fourth-order valence-electron chi connectivity index (χ4n) is 3.79. The molecule has 2 atom stereocenters. The van der Waals surface area contributed by atoms with E-state index in [2.05, 4.69) is 35.1 Å². The van der Waals surface area contributed by atoms with E-state index in [1.165, 1.54) is 51.5 Å². The van der Waals surface area contributed by atoms with Gasteiger partial charge in [-0.2, -0.15) is 9.97 Å².